The summed E-state index contributed by atoms with van der Waals surface area (Å²) in [6.45, 7) is 0.366. The second-order valence-corrected chi connectivity index (χ2v) is 3.71. The summed E-state index contributed by atoms with van der Waals surface area (Å²) in [6.07, 6.45) is -4.40. The standard InChI is InChI=1S/C11H13F3N2O2/c1-2-16(6-11(12,13)14)9-4-3-7(15)5-8(9)10(17)18/h3-5H,2,6,15H2,1H3,(H,17,18). The number of alkyl halides is 3. The first-order valence-electron chi connectivity index (χ1n) is 5.19. The van der Waals surface area contributed by atoms with Crippen LogP contribution in [0.1, 0.15) is 17.3 Å². The molecule has 100 valence electrons. The molecular weight excluding hydrogens is 249 g/mol. The summed E-state index contributed by atoms with van der Waals surface area (Å²) in [5.41, 5.74) is 5.40. The SMILES string of the molecule is CCN(CC(F)(F)F)c1ccc(N)cc1C(=O)O. The summed E-state index contributed by atoms with van der Waals surface area (Å²) >= 11 is 0. The van der Waals surface area contributed by atoms with E-state index >= 15 is 0 Å². The Balaban J connectivity index is 3.17. The predicted molar refractivity (Wildman–Crippen MR) is 61.8 cm³/mol. The molecule has 0 aromatic heterocycles. The van der Waals surface area contributed by atoms with Crippen molar-refractivity contribution in [2.45, 2.75) is 13.1 Å². The highest BCUT2D eigenvalue weighted by atomic mass is 19.4. The highest BCUT2D eigenvalue weighted by molar-refractivity contribution is 5.95. The van der Waals surface area contributed by atoms with E-state index in [1.165, 1.54) is 19.1 Å². The quantitative estimate of drug-likeness (QED) is 0.817. The zero-order chi connectivity index (χ0) is 13.9. The van der Waals surface area contributed by atoms with Crippen molar-refractivity contribution >= 4 is 17.3 Å². The lowest BCUT2D eigenvalue weighted by Crippen LogP contribution is -2.35. The Hall–Kier alpha value is -1.92. The monoisotopic (exact) mass is 262 g/mol. The number of nitrogens with zero attached hydrogens (tertiary/aromatic N) is 1. The van der Waals surface area contributed by atoms with Gasteiger partial charge in [-0.15, -0.1) is 0 Å². The average Bonchev–Trinajstić information content (AvgIpc) is 2.24. The molecule has 1 aromatic carbocycles. The number of nitrogen functional groups attached to an aromatic ring is 1. The van der Waals surface area contributed by atoms with Crippen LogP contribution in [-0.4, -0.2) is 30.3 Å². The Kier molecular flexibility index (Phi) is 4.05. The van der Waals surface area contributed by atoms with Crippen LogP contribution in [0.2, 0.25) is 0 Å². The molecule has 0 radical (unpaired) electrons. The lowest BCUT2D eigenvalue weighted by molar-refractivity contribution is -0.119. The van der Waals surface area contributed by atoms with Gasteiger partial charge in [0.2, 0.25) is 0 Å². The van der Waals surface area contributed by atoms with E-state index in [-0.39, 0.29) is 23.5 Å². The molecule has 0 spiro atoms. The molecule has 18 heavy (non-hydrogen) atoms. The molecule has 7 heteroatoms. The minimum atomic E-state index is -4.40. The van der Waals surface area contributed by atoms with Crippen LogP contribution in [0.15, 0.2) is 18.2 Å². The molecule has 1 aromatic rings. The van der Waals surface area contributed by atoms with E-state index in [2.05, 4.69) is 0 Å². The van der Waals surface area contributed by atoms with Gasteiger partial charge in [-0.2, -0.15) is 13.2 Å². The third-order valence-corrected chi connectivity index (χ3v) is 2.34. The van der Waals surface area contributed by atoms with Crippen LogP contribution >= 0.6 is 0 Å². The molecule has 0 heterocycles. The van der Waals surface area contributed by atoms with Crippen molar-refractivity contribution in [3.8, 4) is 0 Å². The highest BCUT2D eigenvalue weighted by Gasteiger charge is 2.31. The van der Waals surface area contributed by atoms with Crippen molar-refractivity contribution < 1.29 is 23.1 Å². The molecule has 0 aliphatic carbocycles. The molecule has 4 nitrogen and oxygen atoms in total. The molecule has 0 saturated heterocycles. The Morgan fingerprint density at radius 2 is 2.06 bits per heavy atom. The average molecular weight is 262 g/mol. The number of rotatable bonds is 4. The number of nitrogens with two attached hydrogens (primary N) is 1. The molecule has 0 bridgehead atoms. The van der Waals surface area contributed by atoms with Crippen LogP contribution in [0.3, 0.4) is 0 Å². The minimum absolute atomic E-state index is 0.0107. The number of halogens is 3. The Morgan fingerprint density at radius 1 is 1.44 bits per heavy atom. The number of anilines is 2. The first kappa shape index (κ1) is 14.1. The van der Waals surface area contributed by atoms with E-state index in [9.17, 15) is 18.0 Å². The molecule has 0 saturated carbocycles. The van der Waals surface area contributed by atoms with Crippen molar-refractivity contribution in [1.29, 1.82) is 0 Å². The third kappa shape index (κ3) is 3.54. The van der Waals surface area contributed by atoms with Crippen molar-refractivity contribution in [2.75, 3.05) is 23.7 Å². The van der Waals surface area contributed by atoms with Gasteiger partial charge in [-0.05, 0) is 25.1 Å². The zero-order valence-electron chi connectivity index (χ0n) is 9.66. The summed E-state index contributed by atoms with van der Waals surface area (Å²) in [6, 6.07) is 3.81. The third-order valence-electron chi connectivity index (χ3n) is 2.34. The van der Waals surface area contributed by atoms with Gasteiger partial charge in [0.1, 0.15) is 6.54 Å². The van der Waals surface area contributed by atoms with Gasteiger partial charge in [-0.3, -0.25) is 0 Å². The van der Waals surface area contributed by atoms with E-state index in [1.807, 2.05) is 0 Å². The molecule has 0 atom stereocenters. The largest absolute Gasteiger partial charge is 0.478 e. The number of carboxylic acids is 1. The molecule has 3 N–H and O–H groups in total. The first-order chi connectivity index (χ1) is 8.24. The van der Waals surface area contributed by atoms with E-state index in [0.717, 1.165) is 11.0 Å². The number of carbonyl (C=O) groups is 1. The van der Waals surface area contributed by atoms with Gasteiger partial charge in [0.15, 0.2) is 0 Å². The molecule has 0 aliphatic heterocycles. The lowest BCUT2D eigenvalue weighted by atomic mass is 10.1. The van der Waals surface area contributed by atoms with Crippen molar-refractivity contribution in [3.63, 3.8) is 0 Å². The second kappa shape index (κ2) is 5.16. The summed E-state index contributed by atoms with van der Waals surface area (Å²) in [4.78, 5) is 11.9. The summed E-state index contributed by atoms with van der Waals surface area (Å²) in [5, 5.41) is 8.97. The summed E-state index contributed by atoms with van der Waals surface area (Å²) in [5.74, 6) is -1.31. The van der Waals surface area contributed by atoms with Gasteiger partial charge < -0.3 is 15.7 Å². The molecular formula is C11H13F3N2O2. The van der Waals surface area contributed by atoms with Crippen LogP contribution in [0.5, 0.6) is 0 Å². The summed E-state index contributed by atoms with van der Waals surface area (Å²) in [7, 11) is 0. The Morgan fingerprint density at radius 3 is 2.50 bits per heavy atom. The number of aromatic carboxylic acids is 1. The molecule has 0 aliphatic rings. The molecule has 0 fully saturated rings. The number of hydrogen-bond donors (Lipinski definition) is 2. The van der Waals surface area contributed by atoms with Gasteiger partial charge in [0.25, 0.3) is 0 Å². The van der Waals surface area contributed by atoms with Gasteiger partial charge in [0, 0.05) is 12.2 Å². The number of benzene rings is 1. The van der Waals surface area contributed by atoms with Crippen LogP contribution in [0, 0.1) is 0 Å². The zero-order valence-corrected chi connectivity index (χ0v) is 9.66. The van der Waals surface area contributed by atoms with E-state index in [0.29, 0.717) is 0 Å². The van der Waals surface area contributed by atoms with Crippen LogP contribution in [-0.2, 0) is 0 Å². The van der Waals surface area contributed by atoms with Crippen LogP contribution in [0.4, 0.5) is 24.5 Å². The fourth-order valence-corrected chi connectivity index (χ4v) is 1.58. The van der Waals surface area contributed by atoms with Crippen LogP contribution < -0.4 is 10.6 Å². The highest BCUT2D eigenvalue weighted by Crippen LogP contribution is 2.26. The van der Waals surface area contributed by atoms with E-state index in [4.69, 9.17) is 10.8 Å². The van der Waals surface area contributed by atoms with E-state index in [1.54, 1.807) is 0 Å². The Bertz CT molecular complexity index is 446. The topological polar surface area (TPSA) is 66.6 Å². The first-order valence-corrected chi connectivity index (χ1v) is 5.19. The fraction of sp³-hybridized carbons (Fsp3) is 0.364. The summed E-state index contributed by atoms with van der Waals surface area (Å²) < 4.78 is 37.1. The lowest BCUT2D eigenvalue weighted by Gasteiger charge is -2.25. The Labute approximate surface area is 102 Å². The number of carboxylic acid groups (broad SMARTS) is 1. The second-order valence-electron chi connectivity index (χ2n) is 3.71. The maximum Gasteiger partial charge on any atom is 0.405 e. The molecule has 1 rings (SSSR count). The molecule has 0 amide bonds. The predicted octanol–water partition coefficient (Wildman–Crippen LogP) is 2.36. The van der Waals surface area contributed by atoms with Crippen LogP contribution in [0.25, 0.3) is 0 Å². The van der Waals surface area contributed by atoms with Crippen molar-refractivity contribution in [1.82, 2.24) is 0 Å². The van der Waals surface area contributed by atoms with Gasteiger partial charge >= 0.3 is 12.1 Å². The maximum absolute atomic E-state index is 12.4. The minimum Gasteiger partial charge on any atom is -0.478 e. The van der Waals surface area contributed by atoms with Gasteiger partial charge in [-0.1, -0.05) is 0 Å². The smallest absolute Gasteiger partial charge is 0.405 e. The van der Waals surface area contributed by atoms with Gasteiger partial charge in [-0.25, -0.2) is 4.79 Å². The van der Waals surface area contributed by atoms with E-state index < -0.39 is 18.7 Å². The molecule has 0 unspecified atom stereocenters. The normalized spacial score (nSPS) is 11.3. The maximum atomic E-state index is 12.4. The number of hydrogen-bond acceptors (Lipinski definition) is 3. The van der Waals surface area contributed by atoms with Crippen molar-refractivity contribution in [2.24, 2.45) is 0 Å². The fourth-order valence-electron chi connectivity index (χ4n) is 1.58. The van der Waals surface area contributed by atoms with Crippen molar-refractivity contribution in [3.05, 3.63) is 23.8 Å². The van der Waals surface area contributed by atoms with Gasteiger partial charge in [0.05, 0.1) is 11.3 Å².